The number of rotatable bonds is 6. The summed E-state index contributed by atoms with van der Waals surface area (Å²) >= 11 is 0. The molecule has 0 bridgehead atoms. The van der Waals surface area contributed by atoms with E-state index in [1.165, 1.54) is 24.3 Å². The molecule has 0 radical (unpaired) electrons. The van der Waals surface area contributed by atoms with Gasteiger partial charge in [-0.25, -0.2) is 4.39 Å². The van der Waals surface area contributed by atoms with E-state index in [9.17, 15) is 18.8 Å². The maximum absolute atomic E-state index is 13.7. The molecule has 2 heterocycles. The highest BCUT2D eigenvalue weighted by Crippen LogP contribution is 2.39. The van der Waals surface area contributed by atoms with Crippen LogP contribution in [-0.4, -0.2) is 79.2 Å². The SMILES string of the molecule is COCCNC(=O)[C@@H]1COC2(CCN(C(=O)c3ccc(F)cc3)CC2)N1C(=O)c1cccc(C)c1. The maximum atomic E-state index is 13.7. The molecule has 0 aliphatic carbocycles. The molecule has 1 atom stereocenters. The lowest BCUT2D eigenvalue weighted by atomic mass is 9.96. The summed E-state index contributed by atoms with van der Waals surface area (Å²) in [6, 6.07) is 11.9. The summed E-state index contributed by atoms with van der Waals surface area (Å²) in [5, 5.41) is 2.82. The number of carbonyl (C=O) groups excluding carboxylic acids is 3. The fourth-order valence-electron chi connectivity index (χ4n) is 4.71. The molecular weight excluding hydrogens is 453 g/mol. The molecular formula is C26H30FN3O5. The van der Waals surface area contributed by atoms with Gasteiger partial charge in [0.25, 0.3) is 11.8 Å². The molecule has 2 saturated heterocycles. The van der Waals surface area contributed by atoms with E-state index in [1.54, 1.807) is 29.0 Å². The molecule has 2 aromatic carbocycles. The van der Waals surface area contributed by atoms with Crippen LogP contribution in [0.2, 0.25) is 0 Å². The van der Waals surface area contributed by atoms with Crippen molar-refractivity contribution in [3.05, 3.63) is 71.0 Å². The Morgan fingerprint density at radius 1 is 1.09 bits per heavy atom. The second kappa shape index (κ2) is 10.5. The van der Waals surface area contributed by atoms with E-state index in [0.717, 1.165) is 5.56 Å². The number of aryl methyl sites for hydroxylation is 1. The Morgan fingerprint density at radius 2 is 1.80 bits per heavy atom. The third-order valence-corrected chi connectivity index (χ3v) is 6.58. The van der Waals surface area contributed by atoms with Crippen LogP contribution in [0.25, 0.3) is 0 Å². The number of nitrogens with one attached hydrogen (secondary N) is 1. The number of amides is 3. The van der Waals surface area contributed by atoms with Crippen molar-refractivity contribution in [1.29, 1.82) is 0 Å². The minimum atomic E-state index is -0.996. The third-order valence-electron chi connectivity index (χ3n) is 6.58. The van der Waals surface area contributed by atoms with Crippen molar-refractivity contribution in [3.63, 3.8) is 0 Å². The van der Waals surface area contributed by atoms with Crippen LogP contribution >= 0.6 is 0 Å². The Kier molecular flexibility index (Phi) is 7.47. The number of ether oxygens (including phenoxy) is 2. The smallest absolute Gasteiger partial charge is 0.256 e. The average molecular weight is 484 g/mol. The van der Waals surface area contributed by atoms with E-state index in [-0.39, 0.29) is 24.3 Å². The van der Waals surface area contributed by atoms with Crippen LogP contribution in [0.5, 0.6) is 0 Å². The summed E-state index contributed by atoms with van der Waals surface area (Å²) in [4.78, 5) is 42.9. The second-order valence-corrected chi connectivity index (χ2v) is 8.90. The van der Waals surface area contributed by atoms with Gasteiger partial charge in [-0.1, -0.05) is 17.7 Å². The first kappa shape index (κ1) is 24.8. The molecule has 3 amide bonds. The number of hydrogen-bond donors (Lipinski definition) is 1. The Balaban J connectivity index is 1.55. The van der Waals surface area contributed by atoms with Crippen molar-refractivity contribution in [2.45, 2.75) is 31.5 Å². The fraction of sp³-hybridized carbons (Fsp3) is 0.423. The Hall–Kier alpha value is -3.30. The molecule has 1 spiro atoms. The van der Waals surface area contributed by atoms with E-state index in [1.807, 2.05) is 19.1 Å². The highest BCUT2D eigenvalue weighted by molar-refractivity contribution is 5.99. The van der Waals surface area contributed by atoms with Gasteiger partial charge >= 0.3 is 0 Å². The standard InChI is InChI=1S/C26H30FN3O5/c1-18-4-3-5-20(16-18)25(33)30-22(23(31)28-12-15-34-2)17-35-26(30)10-13-29(14-11-26)24(32)19-6-8-21(27)9-7-19/h3-9,16,22H,10-15,17H2,1-2H3,(H,28,31)/t22-/m0/s1. The van der Waals surface area contributed by atoms with Gasteiger partial charge in [0, 0.05) is 50.7 Å². The molecule has 2 fully saturated rings. The highest BCUT2D eigenvalue weighted by Gasteiger charge is 2.54. The number of nitrogens with zero attached hydrogens (tertiary/aromatic N) is 2. The Labute approximate surface area is 204 Å². The van der Waals surface area contributed by atoms with E-state index >= 15 is 0 Å². The lowest BCUT2D eigenvalue weighted by Gasteiger charge is -2.44. The van der Waals surface area contributed by atoms with Gasteiger partial charge in [-0.15, -0.1) is 0 Å². The Bertz CT molecular complexity index is 1080. The molecule has 8 nitrogen and oxygen atoms in total. The van der Waals surface area contributed by atoms with Gasteiger partial charge < -0.3 is 19.7 Å². The molecule has 186 valence electrons. The van der Waals surface area contributed by atoms with Crippen LogP contribution < -0.4 is 5.32 Å². The predicted octanol–water partition coefficient (Wildman–Crippen LogP) is 2.37. The third kappa shape index (κ3) is 5.21. The normalized spacial score (nSPS) is 19.1. The van der Waals surface area contributed by atoms with Gasteiger partial charge in [0.1, 0.15) is 17.6 Å². The van der Waals surface area contributed by atoms with Crippen molar-refractivity contribution >= 4 is 17.7 Å². The molecule has 0 unspecified atom stereocenters. The monoisotopic (exact) mass is 483 g/mol. The van der Waals surface area contributed by atoms with Crippen molar-refractivity contribution in [2.75, 3.05) is 40.0 Å². The van der Waals surface area contributed by atoms with Gasteiger partial charge in [-0.3, -0.25) is 19.3 Å². The zero-order valence-corrected chi connectivity index (χ0v) is 20.0. The molecule has 9 heteroatoms. The highest BCUT2D eigenvalue weighted by atomic mass is 19.1. The molecule has 0 aromatic heterocycles. The zero-order chi connectivity index (χ0) is 25.0. The van der Waals surface area contributed by atoms with Gasteiger partial charge in [0.05, 0.1) is 13.2 Å². The molecule has 35 heavy (non-hydrogen) atoms. The first-order valence-corrected chi connectivity index (χ1v) is 11.7. The topological polar surface area (TPSA) is 88.2 Å². The van der Waals surface area contributed by atoms with Crippen LogP contribution in [0, 0.1) is 12.7 Å². The van der Waals surface area contributed by atoms with E-state index < -0.39 is 17.6 Å². The summed E-state index contributed by atoms with van der Waals surface area (Å²) in [5.41, 5.74) is 0.821. The number of piperidine rings is 1. The van der Waals surface area contributed by atoms with Crippen molar-refractivity contribution in [3.8, 4) is 0 Å². The number of methoxy groups -OCH3 is 1. The van der Waals surface area contributed by atoms with Gasteiger partial charge in [0.15, 0.2) is 0 Å². The minimum absolute atomic E-state index is 0.0717. The number of likely N-dealkylation sites (tertiary alicyclic amines) is 1. The largest absolute Gasteiger partial charge is 0.383 e. The van der Waals surface area contributed by atoms with E-state index in [4.69, 9.17) is 9.47 Å². The summed E-state index contributed by atoms with van der Waals surface area (Å²) < 4.78 is 24.5. The van der Waals surface area contributed by atoms with E-state index in [0.29, 0.717) is 50.2 Å². The molecule has 2 aromatic rings. The molecule has 2 aliphatic rings. The summed E-state index contributed by atoms with van der Waals surface area (Å²) in [6.45, 7) is 3.34. The number of benzene rings is 2. The molecule has 2 aliphatic heterocycles. The molecule has 0 saturated carbocycles. The number of carbonyl (C=O) groups is 3. The first-order chi connectivity index (χ1) is 16.8. The van der Waals surface area contributed by atoms with Crippen molar-refractivity contribution in [2.24, 2.45) is 0 Å². The van der Waals surface area contributed by atoms with Gasteiger partial charge in [-0.2, -0.15) is 0 Å². The lowest BCUT2D eigenvalue weighted by molar-refractivity contribution is -0.128. The summed E-state index contributed by atoms with van der Waals surface area (Å²) in [5.74, 6) is -1.19. The Morgan fingerprint density at radius 3 is 2.46 bits per heavy atom. The maximum Gasteiger partial charge on any atom is 0.256 e. The van der Waals surface area contributed by atoms with Crippen molar-refractivity contribution in [1.82, 2.24) is 15.1 Å². The van der Waals surface area contributed by atoms with Crippen molar-refractivity contribution < 1.29 is 28.2 Å². The first-order valence-electron chi connectivity index (χ1n) is 11.7. The quantitative estimate of drug-likeness (QED) is 0.638. The van der Waals surface area contributed by atoms with Crippen LogP contribution in [0.1, 0.15) is 39.1 Å². The van der Waals surface area contributed by atoms with Gasteiger partial charge in [0.2, 0.25) is 5.91 Å². The molecule has 4 rings (SSSR count). The number of hydrogen-bond acceptors (Lipinski definition) is 5. The second-order valence-electron chi connectivity index (χ2n) is 8.90. The van der Waals surface area contributed by atoms with Crippen LogP contribution in [-0.2, 0) is 14.3 Å². The summed E-state index contributed by atoms with van der Waals surface area (Å²) in [7, 11) is 1.55. The predicted molar refractivity (Wildman–Crippen MR) is 126 cm³/mol. The van der Waals surface area contributed by atoms with Crippen LogP contribution in [0.4, 0.5) is 4.39 Å². The molecule has 1 N–H and O–H groups in total. The van der Waals surface area contributed by atoms with Crippen LogP contribution in [0.15, 0.2) is 48.5 Å². The van der Waals surface area contributed by atoms with Gasteiger partial charge in [-0.05, 0) is 43.3 Å². The lowest BCUT2D eigenvalue weighted by Crippen LogP contribution is -2.60. The van der Waals surface area contributed by atoms with E-state index in [2.05, 4.69) is 5.32 Å². The van der Waals surface area contributed by atoms with Crippen LogP contribution in [0.3, 0.4) is 0 Å². The zero-order valence-electron chi connectivity index (χ0n) is 20.0. The summed E-state index contributed by atoms with van der Waals surface area (Å²) in [6.07, 6.45) is 0.721. The minimum Gasteiger partial charge on any atom is -0.383 e. The fourth-order valence-corrected chi connectivity index (χ4v) is 4.71. The number of halogens is 1. The average Bonchev–Trinajstić information content (AvgIpc) is 3.22.